The summed E-state index contributed by atoms with van der Waals surface area (Å²) in [7, 11) is 0. The van der Waals surface area contributed by atoms with Crippen LogP contribution in [-0.2, 0) is 4.79 Å². The number of rotatable bonds is 4. The van der Waals surface area contributed by atoms with Crippen molar-refractivity contribution in [1.29, 1.82) is 0 Å². The summed E-state index contributed by atoms with van der Waals surface area (Å²) in [6.07, 6.45) is 0. The van der Waals surface area contributed by atoms with Crippen LogP contribution in [0.1, 0.15) is 18.1 Å². The van der Waals surface area contributed by atoms with Gasteiger partial charge in [0, 0.05) is 10.6 Å². The molecule has 2 N–H and O–H groups in total. The molecule has 3 amide bonds. The maximum Gasteiger partial charge on any atom is 0.325 e. The maximum absolute atomic E-state index is 12.2. The van der Waals surface area contributed by atoms with E-state index in [1.54, 1.807) is 19.1 Å². The molecule has 2 aromatic rings. The molecule has 0 aromatic heterocycles. The zero-order valence-corrected chi connectivity index (χ0v) is 14.2. The minimum atomic E-state index is -0.519. The van der Waals surface area contributed by atoms with Gasteiger partial charge >= 0.3 is 6.03 Å². The van der Waals surface area contributed by atoms with E-state index in [-0.39, 0.29) is 11.2 Å². The molecule has 2 aromatic carbocycles. The van der Waals surface area contributed by atoms with E-state index in [4.69, 9.17) is 0 Å². The highest BCUT2D eigenvalue weighted by Crippen LogP contribution is 2.27. The fourth-order valence-corrected chi connectivity index (χ4v) is 3.03. The van der Waals surface area contributed by atoms with Crippen molar-refractivity contribution in [2.75, 3.05) is 5.32 Å². The first-order chi connectivity index (χ1) is 11.0. The molecule has 5 heteroatoms. The van der Waals surface area contributed by atoms with Crippen molar-refractivity contribution in [1.82, 2.24) is 5.32 Å². The van der Waals surface area contributed by atoms with Crippen LogP contribution in [0.15, 0.2) is 53.4 Å². The Morgan fingerprint density at radius 1 is 1.04 bits per heavy atom. The molecule has 0 aliphatic heterocycles. The van der Waals surface area contributed by atoms with E-state index in [1.807, 2.05) is 50.2 Å². The molecule has 0 saturated carbocycles. The second-order valence-corrected chi connectivity index (χ2v) is 6.72. The molecule has 0 fully saturated rings. The van der Waals surface area contributed by atoms with Gasteiger partial charge in [-0.3, -0.25) is 10.1 Å². The summed E-state index contributed by atoms with van der Waals surface area (Å²) in [6.45, 7) is 5.81. The molecule has 0 radical (unpaired) electrons. The number of thioether (sulfide) groups is 1. The fraction of sp³-hybridized carbons (Fsp3) is 0.222. The summed E-state index contributed by atoms with van der Waals surface area (Å²) >= 11 is 1.45. The third-order valence-corrected chi connectivity index (χ3v) is 4.55. The first kappa shape index (κ1) is 17.1. The first-order valence-corrected chi connectivity index (χ1v) is 8.24. The Morgan fingerprint density at radius 3 is 2.43 bits per heavy atom. The largest absolute Gasteiger partial charge is 0.325 e. The Balaban J connectivity index is 1.92. The quantitative estimate of drug-likeness (QED) is 0.830. The number of amides is 3. The van der Waals surface area contributed by atoms with E-state index >= 15 is 0 Å². The Kier molecular flexibility index (Phi) is 5.82. The standard InChI is InChI=1S/C18H20N2O2S/c1-12-9-10-13(2)16(11-12)23-14(3)17(21)20-18(22)19-15-7-5-4-6-8-15/h4-11,14H,1-3H3,(H2,19,20,21,22). The number of benzene rings is 2. The van der Waals surface area contributed by atoms with Crippen molar-refractivity contribution in [3.05, 3.63) is 59.7 Å². The fourth-order valence-electron chi connectivity index (χ4n) is 1.98. The van der Waals surface area contributed by atoms with Crippen molar-refractivity contribution in [3.63, 3.8) is 0 Å². The van der Waals surface area contributed by atoms with Gasteiger partial charge in [0.15, 0.2) is 0 Å². The SMILES string of the molecule is Cc1ccc(C)c(SC(C)C(=O)NC(=O)Nc2ccccc2)c1. The van der Waals surface area contributed by atoms with Gasteiger partial charge in [-0.15, -0.1) is 11.8 Å². The van der Waals surface area contributed by atoms with E-state index in [0.29, 0.717) is 5.69 Å². The predicted molar refractivity (Wildman–Crippen MR) is 94.8 cm³/mol. The summed E-state index contributed by atoms with van der Waals surface area (Å²) in [5, 5.41) is 4.64. The molecule has 0 aliphatic rings. The maximum atomic E-state index is 12.2. The summed E-state index contributed by atoms with van der Waals surface area (Å²) < 4.78 is 0. The Morgan fingerprint density at radius 2 is 1.74 bits per heavy atom. The number of nitrogens with one attached hydrogen (secondary N) is 2. The second-order valence-electron chi connectivity index (χ2n) is 5.34. The van der Waals surface area contributed by atoms with Crippen LogP contribution in [0.4, 0.5) is 10.5 Å². The van der Waals surface area contributed by atoms with Gasteiger partial charge in [0.25, 0.3) is 0 Å². The molecule has 2 rings (SSSR count). The summed E-state index contributed by atoms with van der Waals surface area (Å²) in [4.78, 5) is 25.1. The number of hydrogen-bond acceptors (Lipinski definition) is 3. The minimum Gasteiger partial charge on any atom is -0.308 e. The number of anilines is 1. The Labute approximate surface area is 140 Å². The van der Waals surface area contributed by atoms with Gasteiger partial charge in [0.2, 0.25) is 5.91 Å². The molecule has 1 atom stereocenters. The highest BCUT2D eigenvalue weighted by atomic mass is 32.2. The lowest BCUT2D eigenvalue weighted by atomic mass is 10.2. The van der Waals surface area contributed by atoms with Gasteiger partial charge in [-0.05, 0) is 44.5 Å². The zero-order valence-electron chi connectivity index (χ0n) is 13.4. The van der Waals surface area contributed by atoms with Gasteiger partial charge in [0.1, 0.15) is 0 Å². The van der Waals surface area contributed by atoms with Gasteiger partial charge in [-0.1, -0.05) is 35.9 Å². The van der Waals surface area contributed by atoms with Gasteiger partial charge < -0.3 is 5.32 Å². The summed E-state index contributed by atoms with van der Waals surface area (Å²) in [5.41, 5.74) is 2.91. The molecule has 0 spiro atoms. The summed E-state index contributed by atoms with van der Waals surface area (Å²) in [5.74, 6) is -0.315. The van der Waals surface area contributed by atoms with Gasteiger partial charge in [-0.2, -0.15) is 0 Å². The highest BCUT2D eigenvalue weighted by Gasteiger charge is 2.18. The third kappa shape index (κ3) is 5.14. The Hall–Kier alpha value is -2.27. The normalized spacial score (nSPS) is 11.6. The molecule has 23 heavy (non-hydrogen) atoms. The molecular formula is C18H20N2O2S. The van der Waals surface area contributed by atoms with Crippen LogP contribution in [0.2, 0.25) is 0 Å². The van der Waals surface area contributed by atoms with Crippen LogP contribution < -0.4 is 10.6 Å². The van der Waals surface area contributed by atoms with Crippen molar-refractivity contribution in [3.8, 4) is 0 Å². The van der Waals surface area contributed by atoms with Crippen molar-refractivity contribution in [2.45, 2.75) is 30.9 Å². The second kappa shape index (κ2) is 7.83. The smallest absolute Gasteiger partial charge is 0.308 e. The predicted octanol–water partition coefficient (Wildman–Crippen LogP) is 4.13. The highest BCUT2D eigenvalue weighted by molar-refractivity contribution is 8.00. The summed E-state index contributed by atoms with van der Waals surface area (Å²) in [6, 6.07) is 14.6. The minimum absolute atomic E-state index is 0.315. The number of urea groups is 1. The molecule has 0 aliphatic carbocycles. The van der Waals surface area contributed by atoms with Crippen LogP contribution in [0.5, 0.6) is 0 Å². The number of carbonyl (C=O) groups excluding carboxylic acids is 2. The van der Waals surface area contributed by atoms with Crippen LogP contribution in [-0.4, -0.2) is 17.2 Å². The van der Waals surface area contributed by atoms with Crippen LogP contribution in [0.3, 0.4) is 0 Å². The van der Waals surface area contributed by atoms with Crippen LogP contribution in [0.25, 0.3) is 0 Å². The Bertz CT molecular complexity index is 701. The van der Waals surface area contributed by atoms with E-state index in [2.05, 4.69) is 10.6 Å². The van der Waals surface area contributed by atoms with E-state index in [1.165, 1.54) is 11.8 Å². The topological polar surface area (TPSA) is 58.2 Å². The van der Waals surface area contributed by atoms with Gasteiger partial charge in [-0.25, -0.2) is 4.79 Å². The monoisotopic (exact) mass is 328 g/mol. The van der Waals surface area contributed by atoms with E-state index in [0.717, 1.165) is 16.0 Å². The zero-order chi connectivity index (χ0) is 16.8. The lowest BCUT2D eigenvalue weighted by Crippen LogP contribution is -2.38. The van der Waals surface area contributed by atoms with Crippen molar-refractivity contribution in [2.24, 2.45) is 0 Å². The number of carbonyl (C=O) groups is 2. The lowest BCUT2D eigenvalue weighted by molar-refractivity contribution is -0.119. The van der Waals surface area contributed by atoms with Crippen molar-refractivity contribution < 1.29 is 9.59 Å². The van der Waals surface area contributed by atoms with Crippen LogP contribution >= 0.6 is 11.8 Å². The van der Waals surface area contributed by atoms with E-state index in [9.17, 15) is 9.59 Å². The molecular weight excluding hydrogens is 308 g/mol. The molecule has 0 bridgehead atoms. The third-order valence-electron chi connectivity index (χ3n) is 3.29. The number of imide groups is 1. The van der Waals surface area contributed by atoms with Crippen molar-refractivity contribution >= 4 is 29.4 Å². The van der Waals surface area contributed by atoms with Gasteiger partial charge in [0.05, 0.1) is 5.25 Å². The first-order valence-electron chi connectivity index (χ1n) is 7.36. The number of para-hydroxylation sites is 1. The molecule has 0 saturated heterocycles. The number of hydrogen-bond donors (Lipinski definition) is 2. The van der Waals surface area contributed by atoms with Crippen LogP contribution in [0, 0.1) is 13.8 Å². The average molecular weight is 328 g/mol. The molecule has 0 heterocycles. The lowest BCUT2D eigenvalue weighted by Gasteiger charge is -2.14. The average Bonchev–Trinajstić information content (AvgIpc) is 2.51. The molecule has 1 unspecified atom stereocenters. The van der Waals surface area contributed by atoms with E-state index < -0.39 is 6.03 Å². The molecule has 4 nitrogen and oxygen atoms in total. The number of aryl methyl sites for hydroxylation is 2. The molecule has 120 valence electrons.